The molecule has 1 heterocycles. The fourth-order valence-corrected chi connectivity index (χ4v) is 4.61. The Morgan fingerprint density at radius 3 is 2.57 bits per heavy atom. The van der Waals surface area contributed by atoms with Crippen LogP contribution in [0, 0.1) is 23.2 Å². The van der Waals surface area contributed by atoms with Crippen LogP contribution in [0.15, 0.2) is 0 Å². The van der Waals surface area contributed by atoms with E-state index in [0.717, 1.165) is 12.3 Å². The average molecular weight is 304 g/mol. The number of alkyl halides is 3. The molecule has 2 N–H and O–H groups in total. The highest BCUT2D eigenvalue weighted by atomic mass is 19.4. The number of halogens is 3. The predicted molar refractivity (Wildman–Crippen MR) is 72.5 cm³/mol. The molecule has 3 rings (SSSR count). The number of carbonyl (C=O) groups is 1. The number of hydrogen-bond donors (Lipinski definition) is 2. The summed E-state index contributed by atoms with van der Waals surface area (Å²) >= 11 is 0. The molecule has 3 aliphatic rings. The van der Waals surface area contributed by atoms with Gasteiger partial charge < -0.3 is 10.6 Å². The van der Waals surface area contributed by atoms with E-state index in [4.69, 9.17) is 0 Å². The number of amides is 1. The zero-order valence-electron chi connectivity index (χ0n) is 12.3. The van der Waals surface area contributed by atoms with Gasteiger partial charge in [0.2, 0.25) is 5.91 Å². The first kappa shape index (κ1) is 15.1. The molecular formula is C15H23F3N2O. The molecule has 120 valence electrons. The minimum absolute atomic E-state index is 0.160. The molecule has 5 atom stereocenters. The van der Waals surface area contributed by atoms with E-state index in [0.29, 0.717) is 11.8 Å². The Hall–Kier alpha value is -0.780. The fourth-order valence-electron chi connectivity index (χ4n) is 4.61. The molecule has 1 saturated heterocycles. The van der Waals surface area contributed by atoms with Gasteiger partial charge in [0.1, 0.15) is 0 Å². The standard InChI is InChI=1S/C15H23F3N2O/c1-9(12-7-10-2-3-11(12)6-10)20-13(21)14(15(16,17)18)4-5-19-8-14/h9-12,19H,2-8H2,1H3,(H,20,21). The Bertz CT molecular complexity index is 418. The quantitative estimate of drug-likeness (QED) is 0.841. The Morgan fingerprint density at radius 1 is 1.33 bits per heavy atom. The van der Waals surface area contributed by atoms with Crippen LogP contribution in [0.1, 0.15) is 39.0 Å². The first-order valence-electron chi connectivity index (χ1n) is 7.92. The third kappa shape index (κ3) is 2.45. The highest BCUT2D eigenvalue weighted by Gasteiger charge is 2.61. The number of rotatable bonds is 3. The summed E-state index contributed by atoms with van der Waals surface area (Å²) in [4.78, 5) is 12.3. The van der Waals surface area contributed by atoms with Crippen molar-refractivity contribution in [2.45, 2.75) is 51.2 Å². The van der Waals surface area contributed by atoms with Crippen LogP contribution in [-0.2, 0) is 4.79 Å². The largest absolute Gasteiger partial charge is 0.404 e. The summed E-state index contributed by atoms with van der Waals surface area (Å²) in [6.45, 7) is 1.82. The van der Waals surface area contributed by atoms with Crippen molar-refractivity contribution in [2.75, 3.05) is 13.1 Å². The maximum absolute atomic E-state index is 13.3. The number of nitrogens with one attached hydrogen (secondary N) is 2. The summed E-state index contributed by atoms with van der Waals surface area (Å²) < 4.78 is 40.0. The summed E-state index contributed by atoms with van der Waals surface area (Å²) in [7, 11) is 0. The molecular weight excluding hydrogens is 281 g/mol. The third-order valence-electron chi connectivity index (χ3n) is 5.93. The van der Waals surface area contributed by atoms with Gasteiger partial charge in [-0.1, -0.05) is 6.42 Å². The molecule has 0 aromatic rings. The first-order chi connectivity index (χ1) is 9.83. The zero-order chi connectivity index (χ0) is 15.3. The van der Waals surface area contributed by atoms with Crippen molar-refractivity contribution < 1.29 is 18.0 Å². The molecule has 0 spiro atoms. The van der Waals surface area contributed by atoms with Gasteiger partial charge in [-0.05, 0) is 56.9 Å². The van der Waals surface area contributed by atoms with Gasteiger partial charge in [0, 0.05) is 12.6 Å². The average Bonchev–Trinajstić information content (AvgIpc) is 3.13. The first-order valence-corrected chi connectivity index (χ1v) is 7.92. The van der Waals surface area contributed by atoms with Gasteiger partial charge in [-0.25, -0.2) is 0 Å². The van der Waals surface area contributed by atoms with Gasteiger partial charge in [0.15, 0.2) is 5.41 Å². The van der Waals surface area contributed by atoms with Crippen molar-refractivity contribution in [1.82, 2.24) is 10.6 Å². The molecule has 3 nitrogen and oxygen atoms in total. The highest BCUT2D eigenvalue weighted by Crippen LogP contribution is 2.50. The lowest BCUT2D eigenvalue weighted by Gasteiger charge is -2.34. The van der Waals surface area contributed by atoms with Crippen LogP contribution in [0.2, 0.25) is 0 Å². The molecule has 1 aliphatic heterocycles. The fraction of sp³-hybridized carbons (Fsp3) is 0.933. The second-order valence-corrected chi connectivity index (χ2v) is 7.11. The second-order valence-electron chi connectivity index (χ2n) is 7.11. The SMILES string of the molecule is CC(NC(=O)C1(C(F)(F)F)CCNC1)C1CC2CCC1C2. The maximum atomic E-state index is 13.3. The van der Waals surface area contributed by atoms with Crippen LogP contribution in [0.5, 0.6) is 0 Å². The van der Waals surface area contributed by atoms with E-state index >= 15 is 0 Å². The van der Waals surface area contributed by atoms with Crippen molar-refractivity contribution in [3.63, 3.8) is 0 Å². The molecule has 5 unspecified atom stereocenters. The zero-order valence-corrected chi connectivity index (χ0v) is 12.3. The molecule has 3 fully saturated rings. The van der Waals surface area contributed by atoms with E-state index in [9.17, 15) is 18.0 Å². The van der Waals surface area contributed by atoms with Crippen molar-refractivity contribution in [3.05, 3.63) is 0 Å². The topological polar surface area (TPSA) is 41.1 Å². The van der Waals surface area contributed by atoms with Crippen molar-refractivity contribution in [3.8, 4) is 0 Å². The molecule has 2 saturated carbocycles. The minimum atomic E-state index is -4.49. The van der Waals surface area contributed by atoms with Gasteiger partial charge in [0.05, 0.1) is 0 Å². The van der Waals surface area contributed by atoms with Crippen LogP contribution in [0.25, 0.3) is 0 Å². The molecule has 2 bridgehead atoms. The molecule has 0 aromatic carbocycles. The van der Waals surface area contributed by atoms with Gasteiger partial charge in [-0.3, -0.25) is 4.79 Å². The lowest BCUT2D eigenvalue weighted by molar-refractivity contribution is -0.216. The van der Waals surface area contributed by atoms with Crippen molar-refractivity contribution >= 4 is 5.91 Å². The summed E-state index contributed by atoms with van der Waals surface area (Å²) in [5.41, 5.74) is -2.24. The van der Waals surface area contributed by atoms with Crippen LogP contribution in [-0.4, -0.2) is 31.2 Å². The van der Waals surface area contributed by atoms with Gasteiger partial charge >= 0.3 is 6.18 Å². The minimum Gasteiger partial charge on any atom is -0.353 e. The Kier molecular flexibility index (Phi) is 3.71. The van der Waals surface area contributed by atoms with E-state index in [-0.39, 0.29) is 25.6 Å². The van der Waals surface area contributed by atoms with Gasteiger partial charge in [0.25, 0.3) is 0 Å². The van der Waals surface area contributed by atoms with E-state index < -0.39 is 17.5 Å². The van der Waals surface area contributed by atoms with E-state index in [2.05, 4.69) is 10.6 Å². The van der Waals surface area contributed by atoms with Crippen LogP contribution < -0.4 is 10.6 Å². The van der Waals surface area contributed by atoms with E-state index in [1.54, 1.807) is 0 Å². The monoisotopic (exact) mass is 304 g/mol. The van der Waals surface area contributed by atoms with Crippen molar-refractivity contribution in [2.24, 2.45) is 23.2 Å². The molecule has 0 radical (unpaired) electrons. The van der Waals surface area contributed by atoms with Crippen LogP contribution in [0.4, 0.5) is 13.2 Å². The highest BCUT2D eigenvalue weighted by molar-refractivity contribution is 5.84. The Balaban J connectivity index is 1.67. The predicted octanol–water partition coefficient (Wildman–Crippen LogP) is 2.47. The van der Waals surface area contributed by atoms with Crippen LogP contribution >= 0.6 is 0 Å². The Morgan fingerprint density at radius 2 is 2.10 bits per heavy atom. The summed E-state index contributed by atoms with van der Waals surface area (Å²) in [6.07, 6.45) is 0.0146. The second kappa shape index (κ2) is 5.14. The summed E-state index contributed by atoms with van der Waals surface area (Å²) in [6, 6.07) is -0.160. The molecule has 2 aliphatic carbocycles. The van der Waals surface area contributed by atoms with Crippen molar-refractivity contribution in [1.29, 1.82) is 0 Å². The Labute approximate surface area is 123 Å². The number of hydrogen-bond acceptors (Lipinski definition) is 2. The lowest BCUT2D eigenvalue weighted by Crippen LogP contribution is -2.55. The van der Waals surface area contributed by atoms with Crippen LogP contribution in [0.3, 0.4) is 0 Å². The third-order valence-corrected chi connectivity index (χ3v) is 5.93. The van der Waals surface area contributed by atoms with E-state index in [1.807, 2.05) is 6.92 Å². The summed E-state index contributed by atoms with van der Waals surface area (Å²) in [5.74, 6) is 0.834. The maximum Gasteiger partial charge on any atom is 0.404 e. The lowest BCUT2D eigenvalue weighted by atomic mass is 9.81. The summed E-state index contributed by atoms with van der Waals surface area (Å²) in [5, 5.41) is 5.39. The van der Waals surface area contributed by atoms with Gasteiger partial charge in [-0.15, -0.1) is 0 Å². The molecule has 1 amide bonds. The number of carbonyl (C=O) groups excluding carboxylic acids is 1. The molecule has 21 heavy (non-hydrogen) atoms. The smallest absolute Gasteiger partial charge is 0.353 e. The van der Waals surface area contributed by atoms with E-state index in [1.165, 1.54) is 19.3 Å². The normalized spacial score (nSPS) is 40.5. The molecule has 0 aromatic heterocycles. The van der Waals surface area contributed by atoms with Gasteiger partial charge in [-0.2, -0.15) is 13.2 Å². The molecule has 6 heteroatoms. The number of fused-ring (bicyclic) bond motifs is 2.